The van der Waals surface area contributed by atoms with Gasteiger partial charge in [-0.15, -0.1) is 0 Å². The van der Waals surface area contributed by atoms with Gasteiger partial charge in [0.25, 0.3) is 0 Å². The molecule has 3 N–H and O–H groups in total. The molecule has 7 nitrogen and oxygen atoms in total. The molecular formula is C17H30N2O5. The number of aliphatic hydroxyl groups is 1. The third kappa shape index (κ3) is 4.46. The summed E-state index contributed by atoms with van der Waals surface area (Å²) in [7, 11) is 0. The minimum atomic E-state index is -0.638. The van der Waals surface area contributed by atoms with Crippen LogP contribution in [0.1, 0.15) is 39.5 Å². The van der Waals surface area contributed by atoms with Crippen LogP contribution in [0.2, 0.25) is 0 Å². The van der Waals surface area contributed by atoms with E-state index in [9.17, 15) is 9.90 Å². The second-order valence-corrected chi connectivity index (χ2v) is 7.38. The van der Waals surface area contributed by atoms with Gasteiger partial charge < -0.3 is 30.0 Å². The summed E-state index contributed by atoms with van der Waals surface area (Å²) in [5, 5.41) is 16.8. The van der Waals surface area contributed by atoms with Crippen LogP contribution in [0.4, 0.5) is 0 Å². The molecule has 0 saturated carbocycles. The second-order valence-electron chi connectivity index (χ2n) is 7.38. The van der Waals surface area contributed by atoms with Crippen molar-refractivity contribution >= 4 is 5.91 Å². The molecule has 138 valence electrons. The van der Waals surface area contributed by atoms with Crippen LogP contribution in [0, 0.1) is 0 Å². The molecule has 0 aromatic carbocycles. The van der Waals surface area contributed by atoms with Crippen molar-refractivity contribution in [2.24, 2.45) is 0 Å². The van der Waals surface area contributed by atoms with E-state index in [1.54, 1.807) is 0 Å². The van der Waals surface area contributed by atoms with Crippen molar-refractivity contribution in [1.29, 1.82) is 0 Å². The number of ether oxygens (including phenoxy) is 3. The molecule has 24 heavy (non-hydrogen) atoms. The van der Waals surface area contributed by atoms with E-state index in [1.165, 1.54) is 0 Å². The summed E-state index contributed by atoms with van der Waals surface area (Å²) in [4.78, 5) is 11.8. The minimum absolute atomic E-state index is 0.0119. The van der Waals surface area contributed by atoms with Gasteiger partial charge in [0.05, 0.1) is 24.7 Å². The van der Waals surface area contributed by atoms with Crippen molar-refractivity contribution in [3.63, 3.8) is 0 Å². The highest BCUT2D eigenvalue weighted by Gasteiger charge is 2.50. The summed E-state index contributed by atoms with van der Waals surface area (Å²) in [6.07, 6.45) is 1.51. The fourth-order valence-corrected chi connectivity index (χ4v) is 3.78. The zero-order chi connectivity index (χ0) is 17.1. The van der Waals surface area contributed by atoms with Crippen LogP contribution in [0.5, 0.6) is 0 Å². The largest absolute Gasteiger partial charge is 0.388 e. The summed E-state index contributed by atoms with van der Waals surface area (Å²) in [5.41, 5.74) is 0. The van der Waals surface area contributed by atoms with Gasteiger partial charge in [-0.25, -0.2) is 0 Å². The average Bonchev–Trinajstić information content (AvgIpc) is 3.04. The Kier molecular flexibility index (Phi) is 6.10. The highest BCUT2D eigenvalue weighted by atomic mass is 16.6. The van der Waals surface area contributed by atoms with Gasteiger partial charge in [0.2, 0.25) is 5.91 Å². The Bertz CT molecular complexity index is 427. The summed E-state index contributed by atoms with van der Waals surface area (Å²) >= 11 is 0. The smallest absolute Gasteiger partial charge is 0.222 e. The van der Waals surface area contributed by atoms with Crippen LogP contribution >= 0.6 is 0 Å². The minimum Gasteiger partial charge on any atom is -0.388 e. The Morgan fingerprint density at radius 1 is 1.25 bits per heavy atom. The molecule has 3 heterocycles. The number of fused-ring (bicyclic) bond motifs is 1. The summed E-state index contributed by atoms with van der Waals surface area (Å²) in [6.45, 7) is 6.08. The first-order chi connectivity index (χ1) is 11.5. The van der Waals surface area contributed by atoms with E-state index in [4.69, 9.17) is 14.2 Å². The highest BCUT2D eigenvalue weighted by Crippen LogP contribution is 2.35. The molecule has 0 aliphatic carbocycles. The van der Waals surface area contributed by atoms with Crippen LogP contribution in [-0.2, 0) is 19.0 Å². The van der Waals surface area contributed by atoms with E-state index in [2.05, 4.69) is 10.6 Å². The fourth-order valence-electron chi connectivity index (χ4n) is 3.78. The Morgan fingerprint density at radius 2 is 2.00 bits per heavy atom. The van der Waals surface area contributed by atoms with Crippen molar-refractivity contribution in [3.05, 3.63) is 0 Å². The molecule has 5 atom stereocenters. The van der Waals surface area contributed by atoms with Gasteiger partial charge in [0.1, 0.15) is 12.2 Å². The van der Waals surface area contributed by atoms with Gasteiger partial charge in [-0.3, -0.25) is 4.79 Å². The zero-order valence-corrected chi connectivity index (χ0v) is 14.6. The first-order valence-electron chi connectivity index (χ1n) is 9.12. The monoisotopic (exact) mass is 342 g/mol. The van der Waals surface area contributed by atoms with Gasteiger partial charge in [-0.2, -0.15) is 0 Å². The molecule has 3 aliphatic heterocycles. The SMILES string of the molecule is CC(C)NC(=O)CC1CC2OC(CNC3CCOCC3)C(O)C2O1. The lowest BCUT2D eigenvalue weighted by atomic mass is 10.1. The first-order valence-corrected chi connectivity index (χ1v) is 9.12. The van der Waals surface area contributed by atoms with Crippen LogP contribution in [0.15, 0.2) is 0 Å². The summed E-state index contributed by atoms with van der Waals surface area (Å²) in [5.74, 6) is -0.0119. The Hall–Kier alpha value is -0.730. The Morgan fingerprint density at radius 3 is 2.67 bits per heavy atom. The number of carbonyl (C=O) groups is 1. The number of nitrogens with one attached hydrogen (secondary N) is 2. The number of hydrogen-bond donors (Lipinski definition) is 3. The Labute approximate surface area is 143 Å². The van der Waals surface area contributed by atoms with E-state index < -0.39 is 6.10 Å². The van der Waals surface area contributed by atoms with Crippen LogP contribution < -0.4 is 10.6 Å². The zero-order valence-electron chi connectivity index (χ0n) is 14.6. The van der Waals surface area contributed by atoms with Crippen LogP contribution in [-0.4, -0.2) is 73.4 Å². The first kappa shape index (κ1) is 18.1. The normalized spacial score (nSPS) is 36.9. The maximum Gasteiger partial charge on any atom is 0.222 e. The lowest BCUT2D eigenvalue weighted by Crippen LogP contribution is -2.44. The Balaban J connectivity index is 1.41. The van der Waals surface area contributed by atoms with E-state index in [0.717, 1.165) is 26.1 Å². The number of aliphatic hydroxyl groups excluding tert-OH is 1. The lowest BCUT2D eigenvalue weighted by Gasteiger charge is -2.26. The maximum absolute atomic E-state index is 11.8. The van der Waals surface area contributed by atoms with Gasteiger partial charge in [0.15, 0.2) is 0 Å². The molecule has 3 rings (SSSR count). The van der Waals surface area contributed by atoms with E-state index in [1.807, 2.05) is 13.8 Å². The number of hydrogen-bond acceptors (Lipinski definition) is 6. The molecule has 3 aliphatic rings. The molecular weight excluding hydrogens is 312 g/mol. The molecule has 0 spiro atoms. The van der Waals surface area contributed by atoms with E-state index >= 15 is 0 Å². The molecule has 5 unspecified atom stereocenters. The third-order valence-electron chi connectivity index (χ3n) is 4.97. The quantitative estimate of drug-likeness (QED) is 0.627. The predicted molar refractivity (Wildman–Crippen MR) is 87.7 cm³/mol. The molecule has 7 heteroatoms. The molecule has 3 fully saturated rings. The molecule has 3 saturated heterocycles. The van der Waals surface area contributed by atoms with E-state index in [0.29, 0.717) is 25.4 Å². The fraction of sp³-hybridized carbons (Fsp3) is 0.941. The predicted octanol–water partition coefficient (Wildman–Crippen LogP) is -0.0445. The lowest BCUT2D eigenvalue weighted by molar-refractivity contribution is -0.125. The summed E-state index contributed by atoms with van der Waals surface area (Å²) < 4.78 is 17.2. The molecule has 0 radical (unpaired) electrons. The van der Waals surface area contributed by atoms with Gasteiger partial charge in [-0.1, -0.05) is 0 Å². The van der Waals surface area contributed by atoms with Gasteiger partial charge in [0, 0.05) is 38.3 Å². The summed E-state index contributed by atoms with van der Waals surface area (Å²) in [6, 6.07) is 0.560. The van der Waals surface area contributed by atoms with Crippen LogP contribution in [0.25, 0.3) is 0 Å². The maximum atomic E-state index is 11.8. The van der Waals surface area contributed by atoms with Crippen molar-refractivity contribution in [2.45, 2.75) is 82.1 Å². The van der Waals surface area contributed by atoms with Crippen molar-refractivity contribution in [2.75, 3.05) is 19.8 Å². The van der Waals surface area contributed by atoms with E-state index in [-0.39, 0.29) is 36.4 Å². The molecule has 0 bridgehead atoms. The van der Waals surface area contributed by atoms with Crippen LogP contribution in [0.3, 0.4) is 0 Å². The average molecular weight is 342 g/mol. The molecule has 0 aromatic heterocycles. The van der Waals surface area contributed by atoms with Gasteiger partial charge in [-0.05, 0) is 26.7 Å². The number of carbonyl (C=O) groups excluding carboxylic acids is 1. The topological polar surface area (TPSA) is 89.1 Å². The second kappa shape index (κ2) is 8.10. The van der Waals surface area contributed by atoms with Crippen molar-refractivity contribution in [1.82, 2.24) is 10.6 Å². The molecule has 1 amide bonds. The highest BCUT2D eigenvalue weighted by molar-refractivity contribution is 5.76. The van der Waals surface area contributed by atoms with Gasteiger partial charge >= 0.3 is 0 Å². The number of amides is 1. The third-order valence-corrected chi connectivity index (χ3v) is 4.97. The van der Waals surface area contributed by atoms with Crippen molar-refractivity contribution in [3.8, 4) is 0 Å². The van der Waals surface area contributed by atoms with Crippen molar-refractivity contribution < 1.29 is 24.1 Å². The number of rotatable bonds is 6. The molecule has 0 aromatic rings. The standard InChI is InChI=1S/C17H30N2O5/c1-10(2)19-15(20)8-12-7-13-17(23-12)16(21)14(24-13)9-18-11-3-5-22-6-4-11/h10-14,16-18,21H,3-9H2,1-2H3,(H,19,20).